The number of nitrogens with one attached hydrogen (secondary N) is 2. The minimum absolute atomic E-state index is 0.0341. The second-order valence-electron chi connectivity index (χ2n) is 8.56. The van der Waals surface area contributed by atoms with Crippen LogP contribution in [0.25, 0.3) is 0 Å². The van der Waals surface area contributed by atoms with E-state index >= 15 is 0 Å². The fourth-order valence-corrected chi connectivity index (χ4v) is 6.10. The highest BCUT2D eigenvalue weighted by Crippen LogP contribution is 2.33. The van der Waals surface area contributed by atoms with Crippen LogP contribution in [0.1, 0.15) is 31.9 Å². The number of ether oxygens (including phenoxy) is 2. The van der Waals surface area contributed by atoms with Crippen LogP contribution in [0.3, 0.4) is 0 Å². The lowest BCUT2D eigenvalue weighted by molar-refractivity contribution is -0.140. The molecule has 14 heteroatoms. The van der Waals surface area contributed by atoms with Gasteiger partial charge in [0.2, 0.25) is 11.4 Å². The summed E-state index contributed by atoms with van der Waals surface area (Å²) in [5, 5.41) is 4.11. The zero-order valence-electron chi connectivity index (χ0n) is 19.0. The Morgan fingerprint density at radius 1 is 1.19 bits per heavy atom. The fraction of sp³-hybridized carbons (Fsp3) is 0.364. The van der Waals surface area contributed by atoms with Gasteiger partial charge in [0.15, 0.2) is 11.6 Å². The molecule has 1 fully saturated rings. The van der Waals surface area contributed by atoms with Crippen LogP contribution in [-0.4, -0.2) is 36.7 Å². The zero-order valence-corrected chi connectivity index (χ0v) is 22.2. The molecule has 3 atom stereocenters. The van der Waals surface area contributed by atoms with E-state index in [-0.39, 0.29) is 17.8 Å². The second-order valence-corrected chi connectivity index (χ2v) is 11.9. The number of rotatable bonds is 8. The Bertz CT molecular complexity index is 1310. The predicted molar refractivity (Wildman–Crippen MR) is 133 cm³/mol. The normalized spacial score (nSPS) is 20.5. The third-order valence-corrected chi connectivity index (χ3v) is 7.75. The number of benzene rings is 2. The van der Waals surface area contributed by atoms with E-state index in [0.717, 1.165) is 24.3 Å². The summed E-state index contributed by atoms with van der Waals surface area (Å²) >= 11 is 13.1. The van der Waals surface area contributed by atoms with Crippen molar-refractivity contribution in [1.82, 2.24) is 14.7 Å². The molecule has 1 aliphatic rings. The topological polar surface area (TPSA) is 102 Å². The van der Waals surface area contributed by atoms with E-state index < -0.39 is 44.6 Å². The van der Waals surface area contributed by atoms with E-state index in [2.05, 4.69) is 33.2 Å². The first-order chi connectivity index (χ1) is 17.0. The highest BCUT2D eigenvalue weighted by Gasteiger charge is 2.35. The van der Waals surface area contributed by atoms with Crippen molar-refractivity contribution >= 4 is 49.9 Å². The molecule has 36 heavy (non-hydrogen) atoms. The monoisotopic (exact) mass is 578 g/mol. The van der Waals surface area contributed by atoms with Gasteiger partial charge in [0.25, 0.3) is 10.0 Å². The number of anilines is 1. The highest BCUT2D eigenvalue weighted by molar-refractivity contribution is 7.93. The van der Waals surface area contributed by atoms with Crippen molar-refractivity contribution in [2.75, 3.05) is 11.3 Å². The van der Waals surface area contributed by atoms with E-state index in [9.17, 15) is 17.2 Å². The first kappa shape index (κ1) is 27.0. The minimum Gasteiger partial charge on any atom is -0.460 e. The largest absolute Gasteiger partial charge is 0.460 e. The Morgan fingerprint density at radius 2 is 1.92 bits per heavy atom. The summed E-state index contributed by atoms with van der Waals surface area (Å²) < 4.78 is 72.2. The van der Waals surface area contributed by atoms with Gasteiger partial charge in [0, 0.05) is 39.8 Å². The van der Waals surface area contributed by atoms with Crippen molar-refractivity contribution in [3.05, 3.63) is 63.9 Å². The van der Waals surface area contributed by atoms with Crippen molar-refractivity contribution < 1.29 is 26.7 Å². The summed E-state index contributed by atoms with van der Waals surface area (Å²) in [6, 6.07) is 5.47. The van der Waals surface area contributed by atoms with Gasteiger partial charge in [-0.1, -0.05) is 37.0 Å². The molecule has 1 aliphatic heterocycles. The van der Waals surface area contributed by atoms with E-state index in [1.165, 1.54) is 0 Å². The highest BCUT2D eigenvalue weighted by atomic mass is 35.5. The van der Waals surface area contributed by atoms with Crippen molar-refractivity contribution in [3.8, 4) is 5.75 Å². The Balaban J connectivity index is 1.61. The Morgan fingerprint density at radius 3 is 2.56 bits per heavy atom. The molecule has 8 nitrogen and oxygen atoms in total. The molecule has 0 radical (unpaired) electrons. The molecule has 1 aromatic heterocycles. The molecule has 2 heterocycles. The lowest BCUT2D eigenvalue weighted by Crippen LogP contribution is -2.51. The number of nitrogens with zero attached hydrogens (tertiary/aromatic N) is 2. The van der Waals surface area contributed by atoms with Gasteiger partial charge in [0.1, 0.15) is 17.0 Å². The lowest BCUT2D eigenvalue weighted by atomic mass is 9.98. The standard InChI is InChI=1S/C22H22Cl2F2N4O4S2/c1-11(2)3-15-9-33-21(20(29-15)12-4-13(23)6-14(24)5-12)34-18-7-17(26)19(8-16(18)25)36(31,32)30-22-27-10-28-35-22/h4-8,10-11,15,20-21,29H,3,9H2,1-2H3,(H,27,28,30)/t15-,20?,21?/m0/s1. The molecule has 0 amide bonds. The van der Waals surface area contributed by atoms with Crippen LogP contribution in [0.4, 0.5) is 13.9 Å². The molecule has 2 unspecified atom stereocenters. The molecule has 194 valence electrons. The second kappa shape index (κ2) is 11.1. The van der Waals surface area contributed by atoms with Crippen molar-refractivity contribution in [3.63, 3.8) is 0 Å². The summed E-state index contributed by atoms with van der Waals surface area (Å²) in [7, 11) is -4.45. The molecular formula is C22H22Cl2F2N4O4S2. The van der Waals surface area contributed by atoms with Gasteiger partial charge in [-0.25, -0.2) is 22.2 Å². The van der Waals surface area contributed by atoms with Crippen LogP contribution < -0.4 is 14.8 Å². The molecule has 2 N–H and O–H groups in total. The predicted octanol–water partition coefficient (Wildman–Crippen LogP) is 5.40. The molecule has 0 bridgehead atoms. The Hall–Kier alpha value is -2.09. The van der Waals surface area contributed by atoms with Crippen LogP contribution in [0.5, 0.6) is 5.75 Å². The maximum Gasteiger partial charge on any atom is 0.266 e. The first-order valence-electron chi connectivity index (χ1n) is 10.8. The van der Waals surface area contributed by atoms with Crippen molar-refractivity contribution in [2.24, 2.45) is 5.92 Å². The number of aromatic nitrogens is 2. The van der Waals surface area contributed by atoms with Crippen LogP contribution in [-0.2, 0) is 14.8 Å². The smallest absolute Gasteiger partial charge is 0.266 e. The minimum atomic E-state index is -4.45. The van der Waals surface area contributed by atoms with Gasteiger partial charge < -0.3 is 9.47 Å². The van der Waals surface area contributed by atoms with Gasteiger partial charge in [-0.15, -0.1) is 0 Å². The third kappa shape index (κ3) is 6.42. The molecular weight excluding hydrogens is 557 g/mol. The van der Waals surface area contributed by atoms with Crippen molar-refractivity contribution in [2.45, 2.75) is 43.5 Å². The van der Waals surface area contributed by atoms with Gasteiger partial charge >= 0.3 is 0 Å². The summed E-state index contributed by atoms with van der Waals surface area (Å²) in [4.78, 5) is 2.78. The molecule has 2 aromatic carbocycles. The Labute approximate surface area is 221 Å². The summed E-state index contributed by atoms with van der Waals surface area (Å²) in [6.45, 7) is 4.41. The van der Waals surface area contributed by atoms with E-state index in [0.29, 0.717) is 33.7 Å². The molecule has 1 saturated heterocycles. The average molecular weight is 579 g/mol. The van der Waals surface area contributed by atoms with Crippen molar-refractivity contribution in [1.29, 1.82) is 0 Å². The van der Waals surface area contributed by atoms with E-state index in [4.69, 9.17) is 32.7 Å². The molecule has 0 spiro atoms. The fourth-order valence-electron chi connectivity index (χ4n) is 3.82. The van der Waals surface area contributed by atoms with Gasteiger partial charge in [-0.2, -0.15) is 4.37 Å². The zero-order chi connectivity index (χ0) is 26.0. The molecule has 3 aromatic rings. The number of hydrogen-bond donors (Lipinski definition) is 2. The van der Waals surface area contributed by atoms with Gasteiger partial charge in [-0.05, 0) is 36.1 Å². The summed E-state index contributed by atoms with van der Waals surface area (Å²) in [5.41, 5.74) is 0.632. The van der Waals surface area contributed by atoms with Crippen LogP contribution in [0.15, 0.2) is 41.6 Å². The molecule has 0 aliphatic carbocycles. The maximum absolute atomic E-state index is 15.0. The van der Waals surface area contributed by atoms with E-state index in [1.807, 2.05) is 0 Å². The number of morpholine rings is 1. The SMILES string of the molecule is CC(C)C[C@H]1COC(Oc2cc(F)c(S(=O)(=O)Nc3ncns3)cc2F)C(c2cc(Cl)cc(Cl)c2)N1. The van der Waals surface area contributed by atoms with Crippen LogP contribution in [0.2, 0.25) is 10.0 Å². The lowest BCUT2D eigenvalue weighted by Gasteiger charge is -2.38. The summed E-state index contributed by atoms with van der Waals surface area (Å²) in [6.07, 6.45) is 0.845. The molecule has 0 saturated carbocycles. The quantitative estimate of drug-likeness (QED) is 0.368. The summed E-state index contributed by atoms with van der Waals surface area (Å²) in [5.74, 6) is -2.45. The maximum atomic E-state index is 15.0. The van der Waals surface area contributed by atoms with Crippen LogP contribution >= 0.6 is 34.7 Å². The van der Waals surface area contributed by atoms with Crippen LogP contribution in [0, 0.1) is 17.6 Å². The number of sulfonamides is 1. The first-order valence-corrected chi connectivity index (χ1v) is 13.8. The van der Waals surface area contributed by atoms with Gasteiger partial charge in [0.05, 0.1) is 12.6 Å². The number of halogens is 4. The molecule has 4 rings (SSSR count). The Kier molecular flexibility index (Phi) is 8.32. The third-order valence-electron chi connectivity index (χ3n) is 5.25. The average Bonchev–Trinajstić information content (AvgIpc) is 3.28. The number of hydrogen-bond acceptors (Lipinski definition) is 8. The van der Waals surface area contributed by atoms with Gasteiger partial charge in [-0.3, -0.25) is 10.0 Å². The van der Waals surface area contributed by atoms with E-state index in [1.54, 1.807) is 18.2 Å².